The van der Waals surface area contributed by atoms with E-state index in [9.17, 15) is 30.3 Å². The minimum atomic E-state index is -1.60. The zero-order valence-corrected chi connectivity index (χ0v) is 9.50. The molecule has 0 bridgehead atoms. The van der Waals surface area contributed by atoms with Gasteiger partial charge in [0.25, 0.3) is 15.3 Å². The highest BCUT2D eigenvalue weighted by Crippen LogP contribution is 2.24. The molecule has 0 spiro atoms. The fourth-order valence-electron chi connectivity index (χ4n) is 1.15. The van der Waals surface area contributed by atoms with E-state index >= 15 is 0 Å². The monoisotopic (exact) mass is 285 g/mol. The molecule has 0 aliphatic heterocycles. The van der Waals surface area contributed by atoms with Gasteiger partial charge in [-0.15, -0.1) is 30.3 Å². The second kappa shape index (κ2) is 7.80. The van der Waals surface area contributed by atoms with Crippen molar-refractivity contribution in [2.45, 2.75) is 6.42 Å². The fourth-order valence-corrected chi connectivity index (χ4v) is 1.15. The van der Waals surface area contributed by atoms with E-state index < -0.39 is 47.1 Å². The molecule has 0 aromatic carbocycles. The molecule has 13 heteroatoms. The third kappa shape index (κ3) is 7.48. The summed E-state index contributed by atoms with van der Waals surface area (Å²) >= 11 is 0. The fraction of sp³-hybridized carbons (Fsp3) is 1.00. The number of aliphatic hydroxyl groups excluding tert-OH is 1. The highest BCUT2D eigenvalue weighted by Gasteiger charge is 2.34. The predicted octanol–water partition coefficient (Wildman–Crippen LogP) is -1.02. The molecule has 0 fully saturated rings. The molecule has 0 aliphatic rings. The smallest absolute Gasteiger partial charge is 0.294 e. The van der Waals surface area contributed by atoms with Crippen molar-refractivity contribution >= 4 is 0 Å². The molecule has 0 saturated carbocycles. The van der Waals surface area contributed by atoms with Crippen molar-refractivity contribution in [3.63, 3.8) is 0 Å². The minimum Gasteiger partial charge on any atom is -0.396 e. The van der Waals surface area contributed by atoms with Gasteiger partial charge in [-0.1, -0.05) is 0 Å². The van der Waals surface area contributed by atoms with E-state index in [4.69, 9.17) is 5.11 Å². The zero-order chi connectivity index (χ0) is 14.9. The Morgan fingerprint density at radius 2 is 1.16 bits per heavy atom. The van der Waals surface area contributed by atoms with E-state index in [1.54, 1.807) is 0 Å². The maximum atomic E-state index is 10.1. The summed E-state index contributed by atoms with van der Waals surface area (Å²) in [6.07, 6.45) is -0.289. The molecule has 0 unspecified atom stereocenters. The summed E-state index contributed by atoms with van der Waals surface area (Å²) in [6.45, 7) is -2.84. The van der Waals surface area contributed by atoms with Crippen molar-refractivity contribution < 1.29 is 34.9 Å². The van der Waals surface area contributed by atoms with E-state index in [1.807, 2.05) is 0 Å². The second-order valence-electron chi connectivity index (χ2n) is 3.46. The molecule has 19 heavy (non-hydrogen) atoms. The van der Waals surface area contributed by atoms with Crippen LogP contribution in [0.25, 0.3) is 0 Å². The minimum absolute atomic E-state index is 0.289. The van der Waals surface area contributed by atoms with Gasteiger partial charge in [0.2, 0.25) is 0 Å². The first-order valence-corrected chi connectivity index (χ1v) is 4.74. The Morgan fingerprint density at radius 1 is 0.842 bits per heavy atom. The lowest BCUT2D eigenvalue weighted by molar-refractivity contribution is -0.782. The number of hydrogen-bond acceptors (Lipinski definition) is 10. The Balaban J connectivity index is 4.79. The topological polar surface area (TPSA) is 177 Å². The van der Waals surface area contributed by atoms with E-state index in [2.05, 4.69) is 14.5 Å². The molecule has 13 nitrogen and oxygen atoms in total. The van der Waals surface area contributed by atoms with Crippen LogP contribution in [-0.4, -0.2) is 46.8 Å². The van der Waals surface area contributed by atoms with E-state index in [-0.39, 0.29) is 6.42 Å². The van der Waals surface area contributed by atoms with Crippen molar-refractivity contribution in [1.82, 2.24) is 0 Å². The van der Waals surface area contributed by atoms with Gasteiger partial charge < -0.3 is 19.6 Å². The number of nitrogens with zero attached hydrogens (tertiary/aromatic N) is 3. The Kier molecular flexibility index (Phi) is 6.80. The summed E-state index contributed by atoms with van der Waals surface area (Å²) in [6, 6.07) is 0. The van der Waals surface area contributed by atoms with Gasteiger partial charge in [0.05, 0.1) is 0 Å². The summed E-state index contributed by atoms with van der Waals surface area (Å²) in [5, 5.41) is 35.6. The summed E-state index contributed by atoms with van der Waals surface area (Å²) in [5.74, 6) is 0. The van der Waals surface area contributed by atoms with Crippen LogP contribution in [0.1, 0.15) is 6.42 Å². The zero-order valence-electron chi connectivity index (χ0n) is 9.50. The number of rotatable bonds is 11. The summed E-state index contributed by atoms with van der Waals surface area (Å²) in [5.41, 5.74) is -1.60. The molecule has 0 aliphatic carbocycles. The average Bonchev–Trinajstić information content (AvgIpc) is 2.31. The largest absolute Gasteiger partial charge is 0.396 e. The van der Waals surface area contributed by atoms with Gasteiger partial charge in [-0.2, -0.15) is 0 Å². The molecular weight excluding hydrogens is 274 g/mol. The average molecular weight is 285 g/mol. The highest BCUT2D eigenvalue weighted by molar-refractivity contribution is 4.77. The summed E-state index contributed by atoms with van der Waals surface area (Å²) in [7, 11) is 0. The molecule has 0 atom stereocenters. The van der Waals surface area contributed by atoms with E-state index in [0.717, 1.165) is 0 Å². The Bertz CT molecular complexity index is 288. The Morgan fingerprint density at radius 3 is 1.37 bits per heavy atom. The lowest BCUT2D eigenvalue weighted by Crippen LogP contribution is -2.40. The van der Waals surface area contributed by atoms with E-state index in [0.29, 0.717) is 0 Å². The first-order chi connectivity index (χ1) is 8.81. The van der Waals surface area contributed by atoms with Crippen molar-refractivity contribution in [3.8, 4) is 0 Å². The third-order valence-electron chi connectivity index (χ3n) is 2.07. The first-order valence-electron chi connectivity index (χ1n) is 4.74. The van der Waals surface area contributed by atoms with Crippen LogP contribution in [0.15, 0.2) is 0 Å². The molecule has 0 saturated heterocycles. The highest BCUT2D eigenvalue weighted by atomic mass is 17.0. The lowest BCUT2D eigenvalue weighted by Gasteiger charge is -2.29. The van der Waals surface area contributed by atoms with Crippen LogP contribution in [0.2, 0.25) is 0 Å². The maximum Gasteiger partial charge on any atom is 0.294 e. The van der Waals surface area contributed by atoms with Crippen LogP contribution in [0.5, 0.6) is 0 Å². The van der Waals surface area contributed by atoms with Crippen molar-refractivity contribution in [3.05, 3.63) is 30.3 Å². The van der Waals surface area contributed by atoms with Gasteiger partial charge in [0.1, 0.15) is 19.8 Å². The van der Waals surface area contributed by atoms with Crippen molar-refractivity contribution in [1.29, 1.82) is 0 Å². The number of aliphatic hydroxyl groups is 1. The molecule has 0 aromatic rings. The quantitative estimate of drug-likeness (QED) is 0.364. The van der Waals surface area contributed by atoms with Gasteiger partial charge in [0.15, 0.2) is 0 Å². The SMILES string of the molecule is O=[N+]([O-])OCC(CCO)(CO[N+](=O)[O-])CO[N+](=O)[O-]. The number of hydrogen-bond donors (Lipinski definition) is 1. The molecule has 1 N–H and O–H groups in total. The summed E-state index contributed by atoms with van der Waals surface area (Å²) < 4.78 is 0. The molecule has 0 amide bonds. The van der Waals surface area contributed by atoms with Crippen molar-refractivity contribution in [2.24, 2.45) is 5.41 Å². The molecular formula is C6H11N3O10. The normalized spacial score (nSPS) is 10.6. The molecule has 0 aromatic heterocycles. The van der Waals surface area contributed by atoms with Crippen LogP contribution >= 0.6 is 0 Å². The van der Waals surface area contributed by atoms with Crippen LogP contribution in [-0.2, 0) is 14.5 Å². The second-order valence-corrected chi connectivity index (χ2v) is 3.46. The standard InChI is InChI=1S/C6H11N3O10/c10-2-1-6(3-17-7(11)12,4-18-8(13)14)5-19-9(15)16/h10H,1-5H2. The lowest BCUT2D eigenvalue weighted by atomic mass is 9.87. The van der Waals surface area contributed by atoms with Crippen LogP contribution in [0, 0.1) is 35.8 Å². The van der Waals surface area contributed by atoms with Gasteiger partial charge >= 0.3 is 0 Å². The molecule has 110 valence electrons. The Labute approximate surface area is 105 Å². The first kappa shape index (κ1) is 16.6. The maximum absolute atomic E-state index is 10.1. The van der Waals surface area contributed by atoms with Crippen molar-refractivity contribution in [2.75, 3.05) is 26.4 Å². The Hall–Kier alpha value is -2.44. The molecule has 0 heterocycles. The van der Waals surface area contributed by atoms with Gasteiger partial charge in [-0.3, -0.25) is 0 Å². The predicted molar refractivity (Wildman–Crippen MR) is 53.0 cm³/mol. The van der Waals surface area contributed by atoms with Gasteiger partial charge in [-0.25, -0.2) is 0 Å². The van der Waals surface area contributed by atoms with Gasteiger partial charge in [0, 0.05) is 12.0 Å². The van der Waals surface area contributed by atoms with Crippen LogP contribution < -0.4 is 0 Å². The third-order valence-corrected chi connectivity index (χ3v) is 2.07. The van der Waals surface area contributed by atoms with E-state index in [1.165, 1.54) is 0 Å². The summed E-state index contributed by atoms with van der Waals surface area (Å²) in [4.78, 5) is 42.4. The van der Waals surface area contributed by atoms with Gasteiger partial charge in [-0.05, 0) is 6.42 Å². The molecule has 0 radical (unpaired) electrons. The molecule has 0 rings (SSSR count). The van der Waals surface area contributed by atoms with Crippen LogP contribution in [0.3, 0.4) is 0 Å². The van der Waals surface area contributed by atoms with Crippen LogP contribution in [0.4, 0.5) is 0 Å².